The normalized spacial score (nSPS) is 22.4. The Balaban J connectivity index is 1.04. The predicted molar refractivity (Wildman–Crippen MR) is 157 cm³/mol. The summed E-state index contributed by atoms with van der Waals surface area (Å²) in [6.45, 7) is 5.03. The van der Waals surface area contributed by atoms with E-state index in [-0.39, 0.29) is 11.8 Å². The third-order valence-electron chi connectivity index (χ3n) is 9.10. The van der Waals surface area contributed by atoms with Crippen LogP contribution < -0.4 is 5.32 Å². The third-order valence-corrected chi connectivity index (χ3v) is 9.10. The molecule has 0 spiro atoms. The lowest BCUT2D eigenvalue weighted by Crippen LogP contribution is -2.40. The van der Waals surface area contributed by atoms with Crippen LogP contribution in [0.15, 0.2) is 54.7 Å². The van der Waals surface area contributed by atoms with Crippen LogP contribution in [0.2, 0.25) is 0 Å². The van der Waals surface area contributed by atoms with Crippen molar-refractivity contribution in [3.8, 4) is 0 Å². The highest BCUT2D eigenvalue weighted by molar-refractivity contribution is 6.07. The fraction of sp³-hybridized carbons (Fsp3) is 0.515. The smallest absolute Gasteiger partial charge is 0.256 e. The second-order valence-electron chi connectivity index (χ2n) is 11.8. The van der Waals surface area contributed by atoms with E-state index in [4.69, 9.17) is 9.47 Å². The number of hydrogen-bond acceptors (Lipinski definition) is 4. The molecule has 2 amide bonds. The van der Waals surface area contributed by atoms with Gasteiger partial charge in [-0.25, -0.2) is 0 Å². The number of benzene rings is 2. The number of nitrogens with zero attached hydrogens (tertiary/aromatic N) is 2. The van der Waals surface area contributed by atoms with E-state index in [1.54, 1.807) is 0 Å². The molecule has 3 heterocycles. The maximum Gasteiger partial charge on any atom is 0.256 e. The van der Waals surface area contributed by atoms with Gasteiger partial charge >= 0.3 is 0 Å². The highest BCUT2D eigenvalue weighted by Gasteiger charge is 2.26. The van der Waals surface area contributed by atoms with Crippen molar-refractivity contribution in [2.24, 2.45) is 11.8 Å². The van der Waals surface area contributed by atoms with Gasteiger partial charge in [0.2, 0.25) is 5.91 Å². The number of para-hydroxylation sites is 1. The average molecular weight is 544 g/mol. The van der Waals surface area contributed by atoms with Crippen LogP contribution >= 0.6 is 0 Å². The summed E-state index contributed by atoms with van der Waals surface area (Å²) in [6.07, 6.45) is 9.30. The van der Waals surface area contributed by atoms with Gasteiger partial charge in [-0.2, -0.15) is 0 Å². The number of rotatable bonds is 7. The van der Waals surface area contributed by atoms with Crippen molar-refractivity contribution >= 4 is 28.4 Å². The lowest BCUT2D eigenvalue weighted by molar-refractivity contribution is -0.117. The molecule has 0 radical (unpaired) electrons. The Labute approximate surface area is 236 Å². The lowest BCUT2D eigenvalue weighted by Gasteiger charge is -2.29. The van der Waals surface area contributed by atoms with E-state index in [0.29, 0.717) is 50.5 Å². The molecule has 3 aliphatic rings. The monoisotopic (exact) mass is 543 g/mol. The first kappa shape index (κ1) is 27.0. The Morgan fingerprint density at radius 1 is 0.800 bits per heavy atom. The highest BCUT2D eigenvalue weighted by Crippen LogP contribution is 2.37. The summed E-state index contributed by atoms with van der Waals surface area (Å²) in [7, 11) is 0. The molecular weight excluding hydrogens is 502 g/mol. The van der Waals surface area contributed by atoms with Crippen molar-refractivity contribution in [3.63, 3.8) is 0 Å². The molecule has 1 aliphatic carbocycles. The Hall–Kier alpha value is -3.16. The number of carbonyl (C=O) groups is 2. The maximum absolute atomic E-state index is 13.3. The number of hydrogen-bond donors (Lipinski definition) is 1. The molecule has 0 unspecified atom stereocenters. The molecule has 1 saturated carbocycles. The number of fused-ring (bicyclic) bond motifs is 1. The molecule has 40 heavy (non-hydrogen) atoms. The molecule has 2 aromatic carbocycles. The van der Waals surface area contributed by atoms with Gasteiger partial charge in [0.25, 0.3) is 5.91 Å². The van der Waals surface area contributed by atoms with Crippen molar-refractivity contribution in [2.75, 3.05) is 44.8 Å². The minimum atomic E-state index is 0.104. The first-order chi connectivity index (χ1) is 19.6. The van der Waals surface area contributed by atoms with Gasteiger partial charge in [0, 0.05) is 62.1 Å². The summed E-state index contributed by atoms with van der Waals surface area (Å²) >= 11 is 0. The second-order valence-corrected chi connectivity index (χ2v) is 11.8. The van der Waals surface area contributed by atoms with Gasteiger partial charge in [-0.3, -0.25) is 9.59 Å². The molecule has 0 bridgehead atoms. The van der Waals surface area contributed by atoms with Crippen LogP contribution in [0.25, 0.3) is 10.9 Å². The van der Waals surface area contributed by atoms with Crippen LogP contribution in [0.1, 0.15) is 66.8 Å². The van der Waals surface area contributed by atoms with Gasteiger partial charge in [0.1, 0.15) is 0 Å². The lowest BCUT2D eigenvalue weighted by atomic mass is 9.78. The van der Waals surface area contributed by atoms with Crippen molar-refractivity contribution in [1.29, 1.82) is 0 Å². The largest absolute Gasteiger partial charge is 0.381 e. The molecule has 212 valence electrons. The molecule has 1 aromatic heterocycles. The standard InChI is InChI=1S/C33H41N3O4/c37-32(21-24-13-17-39-18-14-24)34-28-11-9-27(10-12-28)26-7-5-25(6-8-26)22-36-23-30(29-3-1-2-4-31(29)36)33(38)35-15-19-40-20-16-35/h1-4,9-12,23-26H,5-8,13-22H2,(H,34,37). The molecular formula is C33H41N3O4. The van der Waals surface area contributed by atoms with E-state index >= 15 is 0 Å². The summed E-state index contributed by atoms with van der Waals surface area (Å²) < 4.78 is 13.2. The minimum absolute atomic E-state index is 0.104. The topological polar surface area (TPSA) is 72.8 Å². The van der Waals surface area contributed by atoms with Crippen LogP contribution in [0.5, 0.6) is 0 Å². The van der Waals surface area contributed by atoms with Crippen LogP contribution in [0.3, 0.4) is 0 Å². The van der Waals surface area contributed by atoms with E-state index in [0.717, 1.165) is 54.8 Å². The molecule has 0 atom stereocenters. The Morgan fingerprint density at radius 2 is 1.50 bits per heavy atom. The molecule has 2 aliphatic heterocycles. The Morgan fingerprint density at radius 3 is 2.25 bits per heavy atom. The summed E-state index contributed by atoms with van der Waals surface area (Å²) in [4.78, 5) is 27.7. The summed E-state index contributed by atoms with van der Waals surface area (Å²) in [5, 5.41) is 4.13. The summed E-state index contributed by atoms with van der Waals surface area (Å²) in [5.74, 6) is 1.81. The fourth-order valence-electron chi connectivity index (χ4n) is 6.72. The number of amides is 2. The summed E-state index contributed by atoms with van der Waals surface area (Å²) in [5.41, 5.74) is 4.21. The molecule has 2 saturated heterocycles. The number of ether oxygens (including phenoxy) is 2. The fourth-order valence-corrected chi connectivity index (χ4v) is 6.72. The minimum Gasteiger partial charge on any atom is -0.381 e. The average Bonchev–Trinajstić information content (AvgIpc) is 3.37. The molecule has 3 aromatic rings. The number of anilines is 1. The van der Waals surface area contributed by atoms with Gasteiger partial charge in [0.15, 0.2) is 0 Å². The molecule has 7 nitrogen and oxygen atoms in total. The predicted octanol–water partition coefficient (Wildman–Crippen LogP) is 5.84. The quantitative estimate of drug-likeness (QED) is 0.406. The van der Waals surface area contributed by atoms with Gasteiger partial charge in [-0.15, -0.1) is 0 Å². The third kappa shape index (κ3) is 6.26. The Kier molecular flexibility index (Phi) is 8.49. The van der Waals surface area contributed by atoms with E-state index in [1.807, 2.05) is 11.0 Å². The van der Waals surface area contributed by atoms with Crippen LogP contribution in [-0.2, 0) is 20.8 Å². The highest BCUT2D eigenvalue weighted by atomic mass is 16.5. The summed E-state index contributed by atoms with van der Waals surface area (Å²) in [6, 6.07) is 16.8. The van der Waals surface area contributed by atoms with Crippen molar-refractivity contribution < 1.29 is 19.1 Å². The van der Waals surface area contributed by atoms with Crippen LogP contribution in [0.4, 0.5) is 5.69 Å². The molecule has 1 N–H and O–H groups in total. The van der Waals surface area contributed by atoms with Gasteiger partial charge < -0.3 is 24.3 Å². The first-order valence-corrected chi connectivity index (χ1v) is 15.1. The van der Waals surface area contributed by atoms with Gasteiger partial charge in [0.05, 0.1) is 18.8 Å². The van der Waals surface area contributed by atoms with Gasteiger partial charge in [-0.1, -0.05) is 30.3 Å². The molecule has 6 rings (SSSR count). The van der Waals surface area contributed by atoms with E-state index in [9.17, 15) is 9.59 Å². The van der Waals surface area contributed by atoms with Crippen molar-refractivity contribution in [3.05, 3.63) is 65.9 Å². The number of carbonyl (C=O) groups excluding carboxylic acids is 2. The molecule has 3 fully saturated rings. The van der Waals surface area contributed by atoms with Crippen molar-refractivity contribution in [1.82, 2.24) is 9.47 Å². The van der Waals surface area contributed by atoms with E-state index in [1.165, 1.54) is 31.2 Å². The zero-order valence-electron chi connectivity index (χ0n) is 23.4. The SMILES string of the molecule is O=C(CC1CCOCC1)Nc1ccc(C2CCC(Cn3cc(C(=O)N4CCOCC4)c4ccccc43)CC2)cc1. The number of nitrogens with one attached hydrogen (secondary N) is 1. The Bertz CT molecular complexity index is 1300. The van der Waals surface area contributed by atoms with E-state index in [2.05, 4.69) is 58.5 Å². The molecule has 7 heteroatoms. The second kappa shape index (κ2) is 12.6. The first-order valence-electron chi connectivity index (χ1n) is 15.1. The van der Waals surface area contributed by atoms with E-state index < -0.39 is 0 Å². The zero-order valence-corrected chi connectivity index (χ0v) is 23.4. The maximum atomic E-state index is 13.3. The van der Waals surface area contributed by atoms with Gasteiger partial charge in [-0.05, 0) is 80.0 Å². The zero-order chi connectivity index (χ0) is 27.3. The van der Waals surface area contributed by atoms with Crippen molar-refractivity contribution in [2.45, 2.75) is 57.4 Å². The number of aromatic nitrogens is 1. The van der Waals surface area contributed by atoms with Crippen LogP contribution in [0, 0.1) is 11.8 Å². The number of morpholine rings is 1. The van der Waals surface area contributed by atoms with Crippen LogP contribution in [-0.4, -0.2) is 60.8 Å².